The monoisotopic (exact) mass is 369 g/mol. The molecule has 3 heterocycles. The Bertz CT molecular complexity index is 784. The Hall–Kier alpha value is -1.89. The average Bonchev–Trinajstić information content (AvgIpc) is 2.69. The van der Waals surface area contributed by atoms with Gasteiger partial charge >= 0.3 is 0 Å². The number of carbonyl (C=O) groups is 1. The summed E-state index contributed by atoms with van der Waals surface area (Å²) in [5, 5.41) is 0. The first-order valence-corrected chi connectivity index (χ1v) is 10.0. The molecule has 0 N–H and O–H groups in total. The van der Waals surface area contributed by atoms with Gasteiger partial charge in [-0.15, -0.1) is 11.8 Å². The van der Waals surface area contributed by atoms with E-state index in [9.17, 15) is 4.79 Å². The number of ether oxygens (including phenoxy) is 1. The summed E-state index contributed by atoms with van der Waals surface area (Å²) in [6, 6.07) is 12.6. The van der Waals surface area contributed by atoms with Crippen molar-refractivity contribution in [3.8, 4) is 11.3 Å². The van der Waals surface area contributed by atoms with Gasteiger partial charge in [0.25, 0.3) is 0 Å². The smallest absolute Gasteiger partial charge is 0.237 e. The van der Waals surface area contributed by atoms with Gasteiger partial charge in [-0.3, -0.25) is 14.7 Å². The third-order valence-electron chi connectivity index (χ3n) is 4.98. The zero-order chi connectivity index (χ0) is 17.9. The molecule has 2 aromatic rings. The second kappa shape index (κ2) is 7.78. The number of aromatic nitrogens is 1. The Morgan fingerprint density at radius 1 is 1.27 bits per heavy atom. The number of pyridine rings is 1. The highest BCUT2D eigenvalue weighted by Crippen LogP contribution is 2.37. The van der Waals surface area contributed by atoms with E-state index < -0.39 is 0 Å². The van der Waals surface area contributed by atoms with Crippen molar-refractivity contribution in [1.29, 1.82) is 0 Å². The lowest BCUT2D eigenvalue weighted by Crippen LogP contribution is -2.48. The fraction of sp³-hybridized carbons (Fsp3) is 0.400. The Balaban J connectivity index is 1.57. The first kappa shape index (κ1) is 17.5. The molecule has 2 aliphatic heterocycles. The van der Waals surface area contributed by atoms with Crippen LogP contribution in [-0.4, -0.2) is 60.4 Å². The van der Waals surface area contributed by atoms with Crippen LogP contribution in [-0.2, 0) is 9.53 Å². The van der Waals surface area contributed by atoms with Gasteiger partial charge in [-0.2, -0.15) is 0 Å². The minimum atomic E-state index is 0.182. The van der Waals surface area contributed by atoms with Gasteiger partial charge in [-0.1, -0.05) is 12.1 Å². The third-order valence-corrected chi connectivity index (χ3v) is 6.03. The Kier molecular flexibility index (Phi) is 5.24. The predicted molar refractivity (Wildman–Crippen MR) is 105 cm³/mol. The highest BCUT2D eigenvalue weighted by molar-refractivity contribution is 8.00. The van der Waals surface area contributed by atoms with E-state index in [1.54, 1.807) is 18.0 Å². The number of rotatable bonds is 4. The van der Waals surface area contributed by atoms with E-state index in [1.165, 1.54) is 4.90 Å². The van der Waals surface area contributed by atoms with Crippen molar-refractivity contribution in [2.45, 2.75) is 17.9 Å². The maximum atomic E-state index is 12.6. The van der Waals surface area contributed by atoms with Crippen molar-refractivity contribution >= 4 is 23.4 Å². The van der Waals surface area contributed by atoms with Crippen LogP contribution in [0, 0.1) is 0 Å². The van der Waals surface area contributed by atoms with Gasteiger partial charge in [0.2, 0.25) is 5.91 Å². The van der Waals surface area contributed by atoms with Crippen LogP contribution >= 0.6 is 11.8 Å². The molecule has 5 nitrogen and oxygen atoms in total. The molecular formula is C20H23N3O2S. The number of hydrogen-bond donors (Lipinski definition) is 0. The molecule has 2 aliphatic rings. The van der Waals surface area contributed by atoms with Gasteiger partial charge in [0.15, 0.2) is 0 Å². The number of nitrogens with zero attached hydrogens (tertiary/aromatic N) is 3. The number of anilines is 1. The molecule has 4 rings (SSSR count). The number of morpholine rings is 1. The molecule has 1 atom stereocenters. The third kappa shape index (κ3) is 3.63. The zero-order valence-corrected chi connectivity index (χ0v) is 15.7. The number of fused-ring (bicyclic) bond motifs is 1. The summed E-state index contributed by atoms with van der Waals surface area (Å²) in [6.45, 7) is 6.23. The van der Waals surface area contributed by atoms with Crippen molar-refractivity contribution < 1.29 is 9.53 Å². The number of thioether (sulfide) groups is 1. The lowest BCUT2D eigenvalue weighted by atomic mass is 10.1. The van der Waals surface area contributed by atoms with E-state index >= 15 is 0 Å². The van der Waals surface area contributed by atoms with Gasteiger partial charge in [-0.25, -0.2) is 0 Å². The van der Waals surface area contributed by atoms with Gasteiger partial charge in [0.1, 0.15) is 0 Å². The van der Waals surface area contributed by atoms with Gasteiger partial charge < -0.3 is 9.64 Å². The highest BCUT2D eigenvalue weighted by atomic mass is 32.2. The molecule has 1 aromatic carbocycles. The molecular weight excluding hydrogens is 346 g/mol. The largest absolute Gasteiger partial charge is 0.379 e. The van der Waals surface area contributed by atoms with Crippen LogP contribution in [0.15, 0.2) is 47.5 Å². The van der Waals surface area contributed by atoms with Gasteiger partial charge in [0.05, 0.1) is 30.3 Å². The molecule has 0 aliphatic carbocycles. The molecule has 0 saturated carbocycles. The Labute approximate surface area is 158 Å². The molecule has 0 unspecified atom stereocenters. The standard InChI is InChI=1S/C20H23N3O2S/c1-15-13-25-11-10-22(15)8-9-23-18-12-16(17-4-2-3-7-21-17)5-6-19(18)26-14-20(23)24/h2-7,12,15H,8-11,13-14H2,1H3/t15-/m1/s1. The Morgan fingerprint density at radius 2 is 2.19 bits per heavy atom. The first-order valence-electron chi connectivity index (χ1n) is 9.03. The van der Waals surface area contributed by atoms with E-state index in [0.29, 0.717) is 18.3 Å². The summed E-state index contributed by atoms with van der Waals surface area (Å²) in [7, 11) is 0. The van der Waals surface area contributed by atoms with Gasteiger partial charge in [0, 0.05) is 42.3 Å². The maximum Gasteiger partial charge on any atom is 0.237 e. The van der Waals surface area contributed by atoms with Gasteiger partial charge in [-0.05, 0) is 31.2 Å². The van der Waals surface area contributed by atoms with E-state index in [4.69, 9.17) is 4.74 Å². The lowest BCUT2D eigenvalue weighted by Gasteiger charge is -2.36. The second-order valence-corrected chi connectivity index (χ2v) is 7.71. The summed E-state index contributed by atoms with van der Waals surface area (Å²) in [5.41, 5.74) is 2.99. The Morgan fingerprint density at radius 3 is 3.00 bits per heavy atom. The molecule has 1 aromatic heterocycles. The normalized spacial score (nSPS) is 20.9. The van der Waals surface area contributed by atoms with E-state index in [2.05, 4.69) is 35.0 Å². The molecule has 6 heteroatoms. The number of carbonyl (C=O) groups excluding carboxylic acids is 1. The SMILES string of the molecule is C[C@@H]1COCCN1CCN1C(=O)CSc2ccc(-c3ccccn3)cc21. The molecule has 26 heavy (non-hydrogen) atoms. The quantitative estimate of drug-likeness (QED) is 0.829. The number of benzene rings is 1. The van der Waals surface area contributed by atoms with Crippen LogP contribution in [0.4, 0.5) is 5.69 Å². The van der Waals surface area contributed by atoms with Crippen molar-refractivity contribution in [3.05, 3.63) is 42.6 Å². The van der Waals surface area contributed by atoms with Crippen LogP contribution in [0.1, 0.15) is 6.92 Å². The van der Waals surface area contributed by atoms with Crippen LogP contribution in [0.3, 0.4) is 0 Å². The van der Waals surface area contributed by atoms with Crippen molar-refractivity contribution in [2.75, 3.05) is 43.5 Å². The predicted octanol–water partition coefficient (Wildman–Crippen LogP) is 2.91. The second-order valence-electron chi connectivity index (χ2n) is 6.69. The van der Waals surface area contributed by atoms with E-state index in [-0.39, 0.29) is 5.91 Å². The van der Waals surface area contributed by atoms with Crippen molar-refractivity contribution in [3.63, 3.8) is 0 Å². The van der Waals surface area contributed by atoms with Crippen molar-refractivity contribution in [1.82, 2.24) is 9.88 Å². The molecule has 1 amide bonds. The average molecular weight is 369 g/mol. The van der Waals surface area contributed by atoms with Crippen LogP contribution < -0.4 is 4.90 Å². The maximum absolute atomic E-state index is 12.6. The zero-order valence-electron chi connectivity index (χ0n) is 14.9. The van der Waals surface area contributed by atoms with Crippen LogP contribution in [0.2, 0.25) is 0 Å². The summed E-state index contributed by atoms with van der Waals surface area (Å²) >= 11 is 1.62. The van der Waals surface area contributed by atoms with Crippen LogP contribution in [0.5, 0.6) is 0 Å². The number of amides is 1. The minimum Gasteiger partial charge on any atom is -0.379 e. The molecule has 1 saturated heterocycles. The number of hydrogen-bond acceptors (Lipinski definition) is 5. The van der Waals surface area contributed by atoms with Crippen molar-refractivity contribution in [2.24, 2.45) is 0 Å². The first-order chi connectivity index (χ1) is 12.7. The molecule has 136 valence electrons. The fourth-order valence-corrected chi connectivity index (χ4v) is 4.38. The summed E-state index contributed by atoms with van der Waals surface area (Å²) in [5.74, 6) is 0.691. The lowest BCUT2D eigenvalue weighted by molar-refractivity contribution is -0.116. The molecule has 0 spiro atoms. The van der Waals surface area contributed by atoms with E-state index in [1.807, 2.05) is 23.1 Å². The van der Waals surface area contributed by atoms with E-state index in [0.717, 1.165) is 43.2 Å². The van der Waals surface area contributed by atoms with Crippen LogP contribution in [0.25, 0.3) is 11.3 Å². The molecule has 1 fully saturated rings. The summed E-state index contributed by atoms with van der Waals surface area (Å²) in [6.07, 6.45) is 1.80. The topological polar surface area (TPSA) is 45.7 Å². The fourth-order valence-electron chi connectivity index (χ4n) is 3.46. The summed E-state index contributed by atoms with van der Waals surface area (Å²) in [4.78, 5) is 22.6. The minimum absolute atomic E-state index is 0.182. The highest BCUT2D eigenvalue weighted by Gasteiger charge is 2.27. The molecule has 0 bridgehead atoms. The summed E-state index contributed by atoms with van der Waals surface area (Å²) < 4.78 is 5.51. The molecule has 0 radical (unpaired) electrons.